The molecule has 1 aliphatic heterocycles. The number of thiazole rings is 1. The van der Waals surface area contributed by atoms with E-state index in [0.29, 0.717) is 5.92 Å². The number of benzene rings is 2. The lowest BCUT2D eigenvalue weighted by atomic mass is 9.90. The monoisotopic (exact) mass is 320 g/mol. The summed E-state index contributed by atoms with van der Waals surface area (Å²) in [4.78, 5) is 6.90. The van der Waals surface area contributed by atoms with E-state index in [9.17, 15) is 0 Å². The summed E-state index contributed by atoms with van der Waals surface area (Å²) >= 11 is 1.74. The summed E-state index contributed by atoms with van der Waals surface area (Å²) < 4.78 is 0. The predicted octanol–water partition coefficient (Wildman–Crippen LogP) is 5.19. The van der Waals surface area contributed by atoms with Gasteiger partial charge in [-0.15, -0.1) is 11.3 Å². The van der Waals surface area contributed by atoms with Crippen LogP contribution >= 0.6 is 11.3 Å². The van der Waals surface area contributed by atoms with Crippen molar-refractivity contribution in [3.05, 3.63) is 71.7 Å². The van der Waals surface area contributed by atoms with Crippen LogP contribution in [-0.2, 0) is 0 Å². The molecule has 2 aromatic carbocycles. The first-order valence-electron chi connectivity index (χ1n) is 8.20. The first-order valence-corrected chi connectivity index (χ1v) is 9.08. The molecule has 0 N–H and O–H groups in total. The van der Waals surface area contributed by atoms with Crippen molar-refractivity contribution in [2.24, 2.45) is 0 Å². The van der Waals surface area contributed by atoms with Crippen molar-refractivity contribution in [2.45, 2.75) is 18.8 Å². The van der Waals surface area contributed by atoms with Crippen molar-refractivity contribution in [1.82, 2.24) is 4.98 Å². The van der Waals surface area contributed by atoms with Crippen LogP contribution in [0.2, 0.25) is 0 Å². The van der Waals surface area contributed by atoms with Crippen LogP contribution < -0.4 is 4.90 Å². The van der Waals surface area contributed by atoms with Crippen molar-refractivity contribution in [3.8, 4) is 11.1 Å². The van der Waals surface area contributed by atoms with Crippen molar-refractivity contribution in [3.63, 3.8) is 0 Å². The van der Waals surface area contributed by atoms with E-state index >= 15 is 0 Å². The normalized spacial score (nSPS) is 18.1. The Balaban J connectivity index is 1.51. The predicted molar refractivity (Wildman–Crippen MR) is 98.2 cm³/mol. The van der Waals surface area contributed by atoms with Crippen molar-refractivity contribution in [1.29, 1.82) is 0 Å². The SMILES string of the molecule is c1ccc(-c2ccc([C@@H]3CCCN(c4nccs4)C3)cc2)cc1. The van der Waals surface area contributed by atoms with Crippen molar-refractivity contribution >= 4 is 16.5 Å². The quantitative estimate of drug-likeness (QED) is 0.660. The fraction of sp³-hybridized carbons (Fsp3) is 0.250. The highest BCUT2D eigenvalue weighted by atomic mass is 32.1. The molecular formula is C20H20N2S. The summed E-state index contributed by atoms with van der Waals surface area (Å²) in [6, 6.07) is 19.7. The van der Waals surface area contributed by atoms with Gasteiger partial charge in [-0.05, 0) is 29.5 Å². The number of hydrogen-bond acceptors (Lipinski definition) is 3. The lowest BCUT2D eigenvalue weighted by Gasteiger charge is -2.32. The zero-order valence-corrected chi connectivity index (χ0v) is 13.9. The minimum atomic E-state index is 0.609. The molecular weight excluding hydrogens is 300 g/mol. The van der Waals surface area contributed by atoms with E-state index in [1.807, 2.05) is 6.20 Å². The molecule has 0 amide bonds. The first-order chi connectivity index (χ1) is 11.4. The van der Waals surface area contributed by atoms with E-state index in [1.165, 1.54) is 29.5 Å². The number of aromatic nitrogens is 1. The molecule has 0 saturated carbocycles. The topological polar surface area (TPSA) is 16.1 Å². The number of hydrogen-bond donors (Lipinski definition) is 0. The minimum Gasteiger partial charge on any atom is -0.347 e. The summed E-state index contributed by atoms with van der Waals surface area (Å²) in [6.07, 6.45) is 4.41. The van der Waals surface area contributed by atoms with Crippen molar-refractivity contribution in [2.75, 3.05) is 18.0 Å². The second-order valence-corrected chi connectivity index (χ2v) is 6.96. The molecule has 1 fully saturated rings. The number of nitrogens with zero attached hydrogens (tertiary/aromatic N) is 2. The Morgan fingerprint density at radius 1 is 0.957 bits per heavy atom. The molecule has 23 heavy (non-hydrogen) atoms. The molecule has 3 heteroatoms. The van der Waals surface area contributed by atoms with Crippen LogP contribution in [-0.4, -0.2) is 18.1 Å². The van der Waals surface area contributed by atoms with Gasteiger partial charge < -0.3 is 4.90 Å². The van der Waals surface area contributed by atoms with E-state index in [1.54, 1.807) is 11.3 Å². The molecule has 1 atom stereocenters. The van der Waals surface area contributed by atoms with Gasteiger partial charge in [-0.3, -0.25) is 0 Å². The Bertz CT molecular complexity index is 735. The van der Waals surface area contributed by atoms with E-state index in [4.69, 9.17) is 0 Å². The molecule has 2 heterocycles. The van der Waals surface area contributed by atoms with E-state index in [0.717, 1.165) is 18.2 Å². The standard InChI is InChI=1S/C20H20N2S/c1-2-5-16(6-3-1)17-8-10-18(11-9-17)19-7-4-13-22(15-19)20-21-12-14-23-20/h1-3,5-6,8-12,14,19H,4,7,13,15H2/t19-/m1/s1. The second-order valence-electron chi connectivity index (χ2n) is 6.09. The molecule has 4 rings (SSSR count). The maximum Gasteiger partial charge on any atom is 0.185 e. The molecule has 116 valence electrons. The number of anilines is 1. The molecule has 0 bridgehead atoms. The molecule has 2 nitrogen and oxygen atoms in total. The average Bonchev–Trinajstić information content (AvgIpc) is 3.18. The molecule has 1 aromatic heterocycles. The Hall–Kier alpha value is -2.13. The Morgan fingerprint density at radius 2 is 1.74 bits per heavy atom. The van der Waals surface area contributed by atoms with Gasteiger partial charge in [0.05, 0.1) is 0 Å². The van der Waals surface area contributed by atoms with Crippen LogP contribution in [0.4, 0.5) is 5.13 Å². The Labute approximate surface area is 141 Å². The number of rotatable bonds is 3. The van der Waals surface area contributed by atoms with Gasteiger partial charge in [-0.2, -0.15) is 0 Å². The minimum absolute atomic E-state index is 0.609. The maximum absolute atomic E-state index is 4.47. The lowest BCUT2D eigenvalue weighted by molar-refractivity contribution is 0.509. The Kier molecular flexibility index (Phi) is 4.12. The average molecular weight is 320 g/mol. The Morgan fingerprint density at radius 3 is 2.48 bits per heavy atom. The van der Waals surface area contributed by atoms with Gasteiger partial charge in [-0.25, -0.2) is 4.98 Å². The summed E-state index contributed by atoms with van der Waals surface area (Å²) in [5.74, 6) is 0.609. The van der Waals surface area contributed by atoms with Gasteiger partial charge >= 0.3 is 0 Å². The molecule has 0 aliphatic carbocycles. The van der Waals surface area contributed by atoms with E-state index in [2.05, 4.69) is 69.9 Å². The van der Waals surface area contributed by atoms with Gasteiger partial charge in [0.1, 0.15) is 0 Å². The van der Waals surface area contributed by atoms with Gasteiger partial charge in [0.25, 0.3) is 0 Å². The van der Waals surface area contributed by atoms with Crippen molar-refractivity contribution < 1.29 is 0 Å². The highest BCUT2D eigenvalue weighted by Crippen LogP contribution is 2.31. The molecule has 1 saturated heterocycles. The number of piperidine rings is 1. The zero-order chi connectivity index (χ0) is 15.5. The third kappa shape index (κ3) is 3.15. The third-order valence-electron chi connectivity index (χ3n) is 4.60. The first kappa shape index (κ1) is 14.5. The van der Waals surface area contributed by atoms with Crippen LogP contribution in [0.3, 0.4) is 0 Å². The molecule has 0 spiro atoms. The largest absolute Gasteiger partial charge is 0.347 e. The summed E-state index contributed by atoms with van der Waals surface area (Å²) in [6.45, 7) is 2.21. The van der Waals surface area contributed by atoms with E-state index < -0.39 is 0 Å². The molecule has 0 unspecified atom stereocenters. The fourth-order valence-electron chi connectivity index (χ4n) is 3.37. The summed E-state index contributed by atoms with van der Waals surface area (Å²) in [7, 11) is 0. The smallest absolute Gasteiger partial charge is 0.185 e. The van der Waals surface area contributed by atoms with Gasteiger partial charge in [0.15, 0.2) is 5.13 Å². The zero-order valence-electron chi connectivity index (χ0n) is 13.1. The third-order valence-corrected chi connectivity index (χ3v) is 5.43. The van der Waals surface area contributed by atoms with Crippen LogP contribution in [0.25, 0.3) is 11.1 Å². The molecule has 1 aliphatic rings. The highest BCUT2D eigenvalue weighted by molar-refractivity contribution is 7.13. The fourth-order valence-corrected chi connectivity index (χ4v) is 4.05. The van der Waals surface area contributed by atoms with Crippen LogP contribution in [0, 0.1) is 0 Å². The summed E-state index contributed by atoms with van der Waals surface area (Å²) in [5.41, 5.74) is 4.03. The van der Waals surface area contributed by atoms with Crippen LogP contribution in [0.1, 0.15) is 24.3 Å². The highest BCUT2D eigenvalue weighted by Gasteiger charge is 2.22. The lowest BCUT2D eigenvalue weighted by Crippen LogP contribution is -2.34. The molecule has 0 radical (unpaired) electrons. The van der Waals surface area contributed by atoms with Crippen LogP contribution in [0.15, 0.2) is 66.2 Å². The molecule has 3 aromatic rings. The van der Waals surface area contributed by atoms with E-state index in [-0.39, 0.29) is 0 Å². The summed E-state index contributed by atoms with van der Waals surface area (Å²) in [5, 5.41) is 3.23. The maximum atomic E-state index is 4.47. The van der Waals surface area contributed by atoms with Gasteiger partial charge in [-0.1, -0.05) is 54.6 Å². The van der Waals surface area contributed by atoms with Gasteiger partial charge in [0.2, 0.25) is 0 Å². The van der Waals surface area contributed by atoms with Crippen LogP contribution in [0.5, 0.6) is 0 Å². The second kappa shape index (κ2) is 6.55. The van der Waals surface area contributed by atoms with Gasteiger partial charge in [0, 0.05) is 30.6 Å².